The molecule has 0 bridgehead atoms. The fourth-order valence-corrected chi connectivity index (χ4v) is 4.43. The second-order valence-corrected chi connectivity index (χ2v) is 8.04. The largest absolute Gasteiger partial charge is 0.391 e. The molecule has 3 aliphatic heterocycles. The van der Waals surface area contributed by atoms with E-state index in [4.69, 9.17) is 26.6 Å². The lowest BCUT2D eigenvalue weighted by Crippen LogP contribution is -2.44. The molecule has 5 heterocycles. The van der Waals surface area contributed by atoms with E-state index in [1.165, 1.54) is 0 Å². The Labute approximate surface area is 168 Å². The van der Waals surface area contributed by atoms with E-state index in [0.717, 1.165) is 64.5 Å². The summed E-state index contributed by atoms with van der Waals surface area (Å²) in [5, 5.41) is 13.6. The van der Waals surface area contributed by atoms with Gasteiger partial charge in [0.15, 0.2) is 28.0 Å². The molecule has 150 valence electrons. The molecule has 0 aromatic carbocycles. The summed E-state index contributed by atoms with van der Waals surface area (Å²) in [7, 11) is 0. The topological polar surface area (TPSA) is 93.5 Å². The Bertz CT molecular complexity index is 868. The summed E-state index contributed by atoms with van der Waals surface area (Å²) < 4.78 is 0. The smallest absolute Gasteiger partial charge is 0.229 e. The lowest BCUT2D eigenvalue weighted by Gasteiger charge is -2.29. The van der Waals surface area contributed by atoms with Gasteiger partial charge in [-0.1, -0.05) is 11.6 Å². The minimum Gasteiger partial charge on any atom is -0.391 e. The highest BCUT2D eigenvalue weighted by Gasteiger charge is 2.27. The van der Waals surface area contributed by atoms with Crippen LogP contribution in [0.25, 0.3) is 11.2 Å². The highest BCUT2D eigenvalue weighted by Crippen LogP contribution is 2.32. The molecule has 0 spiro atoms. The first kappa shape index (κ1) is 18.1. The molecule has 0 amide bonds. The van der Waals surface area contributed by atoms with Crippen molar-refractivity contribution in [2.45, 2.75) is 25.4 Å². The minimum atomic E-state index is -0.351. The number of aromatic nitrogens is 4. The van der Waals surface area contributed by atoms with Crippen molar-refractivity contribution >= 4 is 40.3 Å². The van der Waals surface area contributed by atoms with Crippen molar-refractivity contribution in [3.05, 3.63) is 5.15 Å². The molecule has 0 aliphatic carbocycles. The van der Waals surface area contributed by atoms with Crippen LogP contribution in [0.2, 0.25) is 5.15 Å². The number of rotatable bonds is 3. The van der Waals surface area contributed by atoms with Crippen LogP contribution in [0.4, 0.5) is 17.6 Å². The number of β-amino-alcohol motifs (C(OH)–C–C–N with tert-alkyl or cyclic N) is 1. The van der Waals surface area contributed by atoms with Crippen LogP contribution in [0.15, 0.2) is 0 Å². The third kappa shape index (κ3) is 3.31. The van der Waals surface area contributed by atoms with Gasteiger partial charge in [-0.25, -0.2) is 9.97 Å². The molecule has 2 N–H and O–H groups in total. The van der Waals surface area contributed by atoms with Gasteiger partial charge in [0, 0.05) is 52.4 Å². The molecule has 0 unspecified atom stereocenters. The lowest BCUT2D eigenvalue weighted by molar-refractivity contribution is 0.198. The number of nitrogens with one attached hydrogen (secondary N) is 1. The van der Waals surface area contributed by atoms with Crippen molar-refractivity contribution in [1.29, 1.82) is 0 Å². The summed E-state index contributed by atoms with van der Waals surface area (Å²) >= 11 is 6.51. The van der Waals surface area contributed by atoms with E-state index in [0.29, 0.717) is 41.0 Å². The predicted molar refractivity (Wildman–Crippen MR) is 110 cm³/mol. The second kappa shape index (κ2) is 7.46. The van der Waals surface area contributed by atoms with Gasteiger partial charge in [-0.05, 0) is 19.3 Å². The normalized spacial score (nSPS) is 23.2. The highest BCUT2D eigenvalue weighted by atomic mass is 35.5. The Morgan fingerprint density at radius 3 is 2.36 bits per heavy atom. The fraction of sp³-hybridized carbons (Fsp3) is 0.667. The van der Waals surface area contributed by atoms with Crippen LogP contribution in [0.1, 0.15) is 19.3 Å². The van der Waals surface area contributed by atoms with Crippen LogP contribution in [0.5, 0.6) is 0 Å². The van der Waals surface area contributed by atoms with Crippen molar-refractivity contribution in [2.24, 2.45) is 0 Å². The molecule has 3 saturated heterocycles. The van der Waals surface area contributed by atoms with Crippen molar-refractivity contribution in [3.63, 3.8) is 0 Å². The van der Waals surface area contributed by atoms with Crippen LogP contribution in [-0.2, 0) is 0 Å². The van der Waals surface area contributed by atoms with Gasteiger partial charge < -0.3 is 25.1 Å². The predicted octanol–water partition coefficient (Wildman–Crippen LogP) is 0.654. The summed E-state index contributed by atoms with van der Waals surface area (Å²) in [5.41, 5.74) is 1.24. The molecule has 2 aromatic rings. The molecule has 3 fully saturated rings. The Kier molecular flexibility index (Phi) is 4.82. The molecular weight excluding hydrogens is 380 g/mol. The molecule has 1 atom stereocenters. The maximum absolute atomic E-state index is 9.89. The quantitative estimate of drug-likeness (QED) is 0.764. The average Bonchev–Trinajstić information content (AvgIpc) is 3.39. The Morgan fingerprint density at radius 1 is 0.857 bits per heavy atom. The fourth-order valence-electron chi connectivity index (χ4n) is 4.18. The number of anilines is 3. The number of hydrogen-bond donors (Lipinski definition) is 2. The van der Waals surface area contributed by atoms with Crippen LogP contribution >= 0.6 is 11.6 Å². The van der Waals surface area contributed by atoms with Gasteiger partial charge in [-0.2, -0.15) is 9.97 Å². The monoisotopic (exact) mass is 404 g/mol. The SMILES string of the molecule is O[C@@H]1CCN(c2nc3nc(N4CCNCC4)nc(N4CCCC4)c3nc2Cl)C1. The van der Waals surface area contributed by atoms with E-state index in [-0.39, 0.29) is 6.10 Å². The summed E-state index contributed by atoms with van der Waals surface area (Å²) in [4.78, 5) is 25.5. The molecule has 2 aromatic heterocycles. The third-order valence-corrected chi connectivity index (χ3v) is 5.96. The van der Waals surface area contributed by atoms with Crippen LogP contribution in [0, 0.1) is 0 Å². The molecule has 9 nitrogen and oxygen atoms in total. The molecule has 10 heteroatoms. The maximum Gasteiger partial charge on any atom is 0.229 e. The number of aliphatic hydroxyl groups excluding tert-OH is 1. The molecule has 0 radical (unpaired) electrons. The van der Waals surface area contributed by atoms with Gasteiger partial charge in [0.05, 0.1) is 6.10 Å². The zero-order valence-electron chi connectivity index (χ0n) is 15.8. The molecule has 28 heavy (non-hydrogen) atoms. The van der Waals surface area contributed by atoms with E-state index in [1.807, 2.05) is 4.90 Å². The molecule has 5 rings (SSSR count). The Morgan fingerprint density at radius 2 is 1.64 bits per heavy atom. The van der Waals surface area contributed by atoms with E-state index < -0.39 is 0 Å². The number of halogens is 1. The van der Waals surface area contributed by atoms with Gasteiger partial charge in [0.1, 0.15) is 0 Å². The maximum atomic E-state index is 9.89. The van der Waals surface area contributed by atoms with Gasteiger partial charge >= 0.3 is 0 Å². The summed E-state index contributed by atoms with van der Waals surface area (Å²) in [6.45, 7) is 6.75. The first-order valence-corrected chi connectivity index (χ1v) is 10.5. The Balaban J connectivity index is 1.61. The summed E-state index contributed by atoms with van der Waals surface area (Å²) in [6, 6.07) is 0. The average molecular weight is 405 g/mol. The molecular formula is C18H25ClN8O. The van der Waals surface area contributed by atoms with Gasteiger partial charge in [0.2, 0.25) is 5.95 Å². The van der Waals surface area contributed by atoms with Crippen molar-refractivity contribution in [3.8, 4) is 0 Å². The number of fused-ring (bicyclic) bond motifs is 1. The second-order valence-electron chi connectivity index (χ2n) is 7.68. The van der Waals surface area contributed by atoms with E-state index in [2.05, 4.69) is 20.1 Å². The van der Waals surface area contributed by atoms with Gasteiger partial charge in [-0.3, -0.25) is 0 Å². The number of nitrogens with zero attached hydrogens (tertiary/aromatic N) is 7. The zero-order valence-corrected chi connectivity index (χ0v) is 16.6. The third-order valence-electron chi connectivity index (χ3n) is 5.71. The summed E-state index contributed by atoms with van der Waals surface area (Å²) in [5.74, 6) is 2.14. The van der Waals surface area contributed by atoms with Crippen molar-refractivity contribution < 1.29 is 5.11 Å². The molecule has 0 saturated carbocycles. The first-order valence-electron chi connectivity index (χ1n) is 10.1. The summed E-state index contributed by atoms with van der Waals surface area (Å²) in [6.07, 6.45) is 2.67. The first-order chi connectivity index (χ1) is 13.7. The minimum absolute atomic E-state index is 0.348. The lowest BCUT2D eigenvalue weighted by atomic mass is 10.3. The number of hydrogen-bond acceptors (Lipinski definition) is 9. The van der Waals surface area contributed by atoms with Crippen LogP contribution in [-0.4, -0.2) is 83.5 Å². The van der Waals surface area contributed by atoms with E-state index in [9.17, 15) is 5.11 Å². The number of piperazine rings is 1. The van der Waals surface area contributed by atoms with Crippen LogP contribution in [0.3, 0.4) is 0 Å². The van der Waals surface area contributed by atoms with Gasteiger partial charge in [-0.15, -0.1) is 0 Å². The van der Waals surface area contributed by atoms with Gasteiger partial charge in [0.25, 0.3) is 0 Å². The highest BCUT2D eigenvalue weighted by molar-refractivity contribution is 6.32. The van der Waals surface area contributed by atoms with E-state index in [1.54, 1.807) is 0 Å². The van der Waals surface area contributed by atoms with E-state index >= 15 is 0 Å². The Hall–Kier alpha value is -1.97. The number of aliphatic hydroxyl groups is 1. The zero-order chi connectivity index (χ0) is 19.1. The molecule has 3 aliphatic rings. The van der Waals surface area contributed by atoms with Crippen molar-refractivity contribution in [1.82, 2.24) is 25.3 Å². The van der Waals surface area contributed by atoms with Crippen LogP contribution < -0.4 is 20.0 Å². The standard InChI is InChI=1S/C18H25ClN8O/c19-14-17(27-8-3-12(28)11-27)22-15-13(21-14)16(25-6-1-2-7-25)24-18(23-15)26-9-4-20-5-10-26/h12,20,28H,1-11H2/t12-/m1/s1. The van der Waals surface area contributed by atoms with Crippen molar-refractivity contribution in [2.75, 3.05) is 67.1 Å².